The van der Waals surface area contributed by atoms with Gasteiger partial charge in [-0.15, -0.1) is 12.4 Å². The van der Waals surface area contributed by atoms with Gasteiger partial charge < -0.3 is 10.1 Å². The highest BCUT2D eigenvalue weighted by atomic mass is 35.5. The molecule has 0 saturated heterocycles. The molecule has 0 saturated carbocycles. The Balaban J connectivity index is 0.00000364. The summed E-state index contributed by atoms with van der Waals surface area (Å²) in [5, 5.41) is 14.3. The molecule has 0 aromatic heterocycles. The summed E-state index contributed by atoms with van der Waals surface area (Å²) in [7, 11) is -2.23. The van der Waals surface area contributed by atoms with E-state index in [0.29, 0.717) is 0 Å². The van der Waals surface area contributed by atoms with Crippen LogP contribution in [-0.4, -0.2) is 33.0 Å². The Kier molecular flexibility index (Phi) is 8.68. The maximum Gasteiger partial charge on any atom is 0.288 e. The van der Waals surface area contributed by atoms with Crippen LogP contribution in [0.4, 0.5) is 5.69 Å². The number of ether oxygens (including phenoxy) is 1. The third-order valence-corrected chi connectivity index (χ3v) is 5.70. The van der Waals surface area contributed by atoms with Crippen LogP contribution in [0.1, 0.15) is 19.8 Å². The molecule has 0 radical (unpaired) electrons. The molecule has 0 aliphatic heterocycles. The van der Waals surface area contributed by atoms with E-state index in [9.17, 15) is 18.5 Å². The lowest BCUT2D eigenvalue weighted by Gasteiger charge is -2.17. The Morgan fingerprint density at radius 1 is 1.11 bits per heavy atom. The van der Waals surface area contributed by atoms with E-state index < -0.39 is 20.4 Å². The van der Waals surface area contributed by atoms with Crippen molar-refractivity contribution in [2.24, 2.45) is 0 Å². The average molecular weight is 415 g/mol. The Morgan fingerprint density at radius 3 is 2.33 bits per heavy atom. The van der Waals surface area contributed by atoms with Crippen LogP contribution in [0, 0.1) is 10.1 Å². The molecule has 9 heteroatoms. The minimum Gasteiger partial charge on any atom is -0.489 e. The largest absolute Gasteiger partial charge is 0.489 e. The SMILES string of the molecule is CNCCCC(C)Oc1ccccc1S(=O)(=O)c1ccccc1[N+](=O)[O-].Cl. The average Bonchev–Trinajstić information content (AvgIpc) is 2.62. The first-order valence-electron chi connectivity index (χ1n) is 8.26. The fourth-order valence-electron chi connectivity index (χ4n) is 2.57. The van der Waals surface area contributed by atoms with E-state index in [1.54, 1.807) is 18.2 Å². The summed E-state index contributed by atoms with van der Waals surface area (Å²) >= 11 is 0. The first-order valence-corrected chi connectivity index (χ1v) is 9.75. The van der Waals surface area contributed by atoms with Crippen molar-refractivity contribution < 1.29 is 18.1 Å². The molecule has 2 rings (SSSR count). The molecule has 0 heterocycles. The molecule has 0 amide bonds. The number of para-hydroxylation sites is 2. The summed E-state index contributed by atoms with van der Waals surface area (Å²) in [5.74, 6) is 0.197. The number of rotatable bonds is 9. The number of benzene rings is 2. The van der Waals surface area contributed by atoms with E-state index in [1.165, 1.54) is 30.3 Å². The van der Waals surface area contributed by atoms with Crippen molar-refractivity contribution in [2.45, 2.75) is 35.7 Å². The number of sulfone groups is 1. The molecular formula is C18H23ClN2O5S. The van der Waals surface area contributed by atoms with Crippen LogP contribution in [0.5, 0.6) is 5.75 Å². The topological polar surface area (TPSA) is 98.5 Å². The molecule has 1 N–H and O–H groups in total. The minimum absolute atomic E-state index is 0. The minimum atomic E-state index is -4.10. The number of hydrogen-bond acceptors (Lipinski definition) is 6. The van der Waals surface area contributed by atoms with Gasteiger partial charge in [0.05, 0.1) is 11.0 Å². The summed E-state index contributed by atoms with van der Waals surface area (Å²) in [5.41, 5.74) is -0.454. The fraction of sp³-hybridized carbons (Fsp3) is 0.333. The van der Waals surface area contributed by atoms with Crippen LogP contribution >= 0.6 is 12.4 Å². The zero-order valence-electron chi connectivity index (χ0n) is 15.1. The van der Waals surface area contributed by atoms with Crippen LogP contribution in [-0.2, 0) is 9.84 Å². The van der Waals surface area contributed by atoms with Crippen molar-refractivity contribution in [1.29, 1.82) is 0 Å². The zero-order chi connectivity index (χ0) is 19.2. The fourth-order valence-corrected chi connectivity index (χ4v) is 4.12. The highest BCUT2D eigenvalue weighted by molar-refractivity contribution is 7.91. The second-order valence-corrected chi connectivity index (χ2v) is 7.74. The van der Waals surface area contributed by atoms with Crippen molar-refractivity contribution in [3.8, 4) is 5.75 Å². The molecule has 27 heavy (non-hydrogen) atoms. The maximum atomic E-state index is 13.0. The van der Waals surface area contributed by atoms with Gasteiger partial charge in [-0.3, -0.25) is 10.1 Å². The van der Waals surface area contributed by atoms with E-state index in [-0.39, 0.29) is 34.1 Å². The van der Waals surface area contributed by atoms with E-state index in [4.69, 9.17) is 4.74 Å². The smallest absolute Gasteiger partial charge is 0.288 e. The van der Waals surface area contributed by atoms with Gasteiger partial charge in [0, 0.05) is 6.07 Å². The first-order chi connectivity index (χ1) is 12.4. The Hall–Kier alpha value is -2.16. The lowest BCUT2D eigenvalue weighted by Crippen LogP contribution is -2.17. The van der Waals surface area contributed by atoms with E-state index >= 15 is 0 Å². The first kappa shape index (κ1) is 22.9. The Morgan fingerprint density at radius 2 is 1.70 bits per heavy atom. The second-order valence-electron chi connectivity index (χ2n) is 5.85. The lowest BCUT2D eigenvalue weighted by atomic mass is 10.2. The van der Waals surface area contributed by atoms with Crippen molar-refractivity contribution in [2.75, 3.05) is 13.6 Å². The number of nitrogens with zero attached hydrogens (tertiary/aromatic N) is 1. The molecule has 2 aromatic rings. The highest BCUT2D eigenvalue weighted by Gasteiger charge is 2.29. The molecule has 0 fully saturated rings. The van der Waals surface area contributed by atoms with E-state index in [2.05, 4.69) is 5.32 Å². The van der Waals surface area contributed by atoms with Crippen LogP contribution in [0.25, 0.3) is 0 Å². The number of nitrogens with one attached hydrogen (secondary N) is 1. The third kappa shape index (κ3) is 5.66. The van der Waals surface area contributed by atoms with Crippen molar-refractivity contribution in [3.63, 3.8) is 0 Å². The Labute approximate surface area is 165 Å². The number of nitro groups is 1. The summed E-state index contributed by atoms with van der Waals surface area (Å²) in [6.07, 6.45) is 1.45. The number of halogens is 1. The van der Waals surface area contributed by atoms with E-state index in [1.807, 2.05) is 14.0 Å². The molecule has 1 unspecified atom stereocenters. The molecule has 0 aliphatic carbocycles. The molecule has 1 atom stereocenters. The molecule has 7 nitrogen and oxygen atoms in total. The van der Waals surface area contributed by atoms with Crippen LogP contribution < -0.4 is 10.1 Å². The summed E-state index contributed by atoms with van der Waals surface area (Å²) in [6, 6.07) is 11.5. The third-order valence-electron chi connectivity index (χ3n) is 3.86. The van der Waals surface area contributed by atoms with Crippen molar-refractivity contribution in [1.82, 2.24) is 5.32 Å². The maximum absolute atomic E-state index is 13.0. The van der Waals surface area contributed by atoms with Gasteiger partial charge in [-0.25, -0.2) is 8.42 Å². The number of nitro benzene ring substituents is 1. The predicted molar refractivity (Wildman–Crippen MR) is 105 cm³/mol. The standard InChI is InChI=1S/C18H22N2O5S.ClH/c1-14(8-7-13-19-2)25-16-10-4-6-12-18(16)26(23,24)17-11-5-3-9-15(17)20(21)22;/h3-6,9-12,14,19H,7-8,13H2,1-2H3;1H. The molecule has 2 aromatic carbocycles. The van der Waals surface area contributed by atoms with Crippen molar-refractivity contribution in [3.05, 3.63) is 58.6 Å². The molecule has 0 aliphatic rings. The second kappa shape index (κ2) is 10.2. The highest BCUT2D eigenvalue weighted by Crippen LogP contribution is 2.34. The van der Waals surface area contributed by atoms with Gasteiger partial charge in [-0.05, 0) is 51.6 Å². The van der Waals surface area contributed by atoms with Crippen LogP contribution in [0.15, 0.2) is 58.3 Å². The Bertz CT molecular complexity index is 874. The van der Waals surface area contributed by atoms with Gasteiger partial charge in [0.2, 0.25) is 9.84 Å². The summed E-state index contributed by atoms with van der Waals surface area (Å²) < 4.78 is 31.9. The summed E-state index contributed by atoms with van der Waals surface area (Å²) in [6.45, 7) is 2.70. The van der Waals surface area contributed by atoms with Gasteiger partial charge in [-0.2, -0.15) is 0 Å². The quantitative estimate of drug-likeness (QED) is 0.382. The molecule has 148 valence electrons. The van der Waals surface area contributed by atoms with E-state index in [0.717, 1.165) is 19.4 Å². The van der Waals surface area contributed by atoms with Gasteiger partial charge >= 0.3 is 0 Å². The van der Waals surface area contributed by atoms with Gasteiger partial charge in [0.15, 0.2) is 0 Å². The lowest BCUT2D eigenvalue weighted by molar-refractivity contribution is -0.387. The van der Waals surface area contributed by atoms with Crippen LogP contribution in [0.2, 0.25) is 0 Å². The normalized spacial score (nSPS) is 12.1. The number of hydrogen-bond donors (Lipinski definition) is 1. The zero-order valence-corrected chi connectivity index (χ0v) is 16.8. The molecular weight excluding hydrogens is 392 g/mol. The predicted octanol–water partition coefficient (Wildman–Crippen LogP) is 3.62. The monoisotopic (exact) mass is 414 g/mol. The molecule has 0 bridgehead atoms. The van der Waals surface area contributed by atoms with Crippen LogP contribution in [0.3, 0.4) is 0 Å². The van der Waals surface area contributed by atoms with Gasteiger partial charge in [0.1, 0.15) is 15.5 Å². The van der Waals surface area contributed by atoms with Gasteiger partial charge in [-0.1, -0.05) is 24.3 Å². The van der Waals surface area contributed by atoms with Crippen molar-refractivity contribution >= 4 is 27.9 Å². The molecule has 0 spiro atoms. The van der Waals surface area contributed by atoms with Gasteiger partial charge in [0.25, 0.3) is 5.69 Å². The summed E-state index contributed by atoms with van der Waals surface area (Å²) in [4.78, 5) is 10.1.